The van der Waals surface area contributed by atoms with Gasteiger partial charge >= 0.3 is 12.1 Å². The topological polar surface area (TPSA) is 146 Å². The number of benzene rings is 2. The van der Waals surface area contributed by atoms with Crippen LogP contribution in [0.15, 0.2) is 53.4 Å². The second-order valence-electron chi connectivity index (χ2n) is 8.66. The molecular weight excluding hydrogens is 503 g/mol. The lowest BCUT2D eigenvalue weighted by molar-refractivity contribution is -0.173. The number of hydrazine groups is 1. The van der Waals surface area contributed by atoms with Crippen LogP contribution in [0, 0.1) is 10.8 Å². The molecule has 194 valence electrons. The Morgan fingerprint density at radius 1 is 0.833 bits per heavy atom. The molecule has 10 nitrogen and oxygen atoms in total. The molecule has 14 heteroatoms. The Balaban J connectivity index is 1.61. The molecule has 0 heterocycles. The smallest absolute Gasteiger partial charge is 0.359 e. The summed E-state index contributed by atoms with van der Waals surface area (Å²) in [5.41, 5.74) is 2.39. The van der Waals surface area contributed by atoms with Gasteiger partial charge in [-0.25, -0.2) is 8.42 Å². The van der Waals surface area contributed by atoms with Gasteiger partial charge in [-0.3, -0.25) is 30.0 Å². The van der Waals surface area contributed by atoms with E-state index in [0.29, 0.717) is 12.1 Å². The van der Waals surface area contributed by atoms with Crippen LogP contribution in [0.3, 0.4) is 0 Å². The number of alkyl halides is 3. The van der Waals surface area contributed by atoms with Gasteiger partial charge in [0, 0.05) is 18.4 Å². The van der Waals surface area contributed by atoms with Crippen LogP contribution in [-0.2, 0) is 24.4 Å². The van der Waals surface area contributed by atoms with Gasteiger partial charge in [0.2, 0.25) is 11.8 Å². The zero-order chi connectivity index (χ0) is 26.9. The van der Waals surface area contributed by atoms with Gasteiger partial charge in [-0.05, 0) is 68.8 Å². The first kappa shape index (κ1) is 26.8. The summed E-state index contributed by atoms with van der Waals surface area (Å²) in [5.74, 6) is -2.77. The number of anilines is 3. The zero-order valence-corrected chi connectivity index (χ0v) is 20.2. The Bertz CT molecular complexity index is 1280. The molecule has 3 rings (SSSR count). The maximum atomic E-state index is 12.7. The number of rotatable bonds is 8. The molecule has 2 aromatic carbocycles. The SMILES string of the molecule is CNC(=O)C1(C)CC1(C)C(=O)Nc1ccc(S(=O)(=O)Nc2ccc(NNC(=O)C(F)(F)F)cc2)cc1. The molecule has 0 radical (unpaired) electrons. The van der Waals surface area contributed by atoms with Crippen molar-refractivity contribution >= 4 is 44.8 Å². The van der Waals surface area contributed by atoms with Crippen LogP contribution >= 0.6 is 0 Å². The fourth-order valence-electron chi connectivity index (χ4n) is 3.62. The van der Waals surface area contributed by atoms with E-state index >= 15 is 0 Å². The molecule has 2 aromatic rings. The minimum absolute atomic E-state index is 0.0903. The number of hydrogen-bond donors (Lipinski definition) is 5. The van der Waals surface area contributed by atoms with Crippen molar-refractivity contribution in [3.8, 4) is 0 Å². The summed E-state index contributed by atoms with van der Waals surface area (Å²) in [6, 6.07) is 10.5. The minimum Gasteiger partial charge on any atom is -0.359 e. The van der Waals surface area contributed by atoms with Crippen molar-refractivity contribution in [3.05, 3.63) is 48.5 Å². The summed E-state index contributed by atoms with van der Waals surface area (Å²) in [6.45, 7) is 3.39. The highest BCUT2D eigenvalue weighted by molar-refractivity contribution is 7.92. The van der Waals surface area contributed by atoms with Crippen molar-refractivity contribution in [3.63, 3.8) is 0 Å². The number of carbonyl (C=O) groups is 3. The molecule has 2 atom stereocenters. The van der Waals surface area contributed by atoms with Crippen molar-refractivity contribution in [2.45, 2.75) is 31.3 Å². The lowest BCUT2D eigenvalue weighted by Gasteiger charge is -2.17. The molecule has 5 N–H and O–H groups in total. The third kappa shape index (κ3) is 5.37. The average molecular weight is 528 g/mol. The van der Waals surface area contributed by atoms with Crippen molar-refractivity contribution in [1.29, 1.82) is 0 Å². The molecule has 0 aromatic heterocycles. The lowest BCUT2D eigenvalue weighted by atomic mass is 9.94. The number of hydrogen-bond acceptors (Lipinski definition) is 6. The first-order valence-corrected chi connectivity index (χ1v) is 12.0. The molecule has 3 amide bonds. The van der Waals surface area contributed by atoms with Crippen LogP contribution in [-0.4, -0.2) is 39.4 Å². The average Bonchev–Trinajstić information content (AvgIpc) is 3.40. The van der Waals surface area contributed by atoms with E-state index in [0.717, 1.165) is 0 Å². The summed E-state index contributed by atoms with van der Waals surface area (Å²) in [5, 5.41) is 5.25. The summed E-state index contributed by atoms with van der Waals surface area (Å²) in [6.07, 6.45) is -4.67. The Kier molecular flexibility index (Phi) is 6.94. The molecular formula is C22H24F3N5O5S. The number of halogens is 3. The molecule has 0 saturated heterocycles. The van der Waals surface area contributed by atoms with Crippen LogP contribution < -0.4 is 26.2 Å². The second kappa shape index (κ2) is 9.33. The highest BCUT2D eigenvalue weighted by Gasteiger charge is 2.69. The molecule has 0 bridgehead atoms. The van der Waals surface area contributed by atoms with E-state index in [9.17, 15) is 36.0 Å². The fraction of sp³-hybridized carbons (Fsp3) is 0.318. The standard InChI is InChI=1S/C22H24F3N5O5S/c1-20(17(31)26-3)12-21(20,2)18(32)27-13-8-10-16(11-9-13)36(34,35)30-15-6-4-14(5-7-15)28-29-19(33)22(23,24)25/h4-11,28,30H,12H2,1-3H3,(H,26,31)(H,27,32)(H,29,33). The third-order valence-corrected chi connectivity index (χ3v) is 7.56. The maximum absolute atomic E-state index is 12.7. The third-order valence-electron chi connectivity index (χ3n) is 6.17. The highest BCUT2D eigenvalue weighted by Crippen LogP contribution is 2.64. The van der Waals surface area contributed by atoms with Gasteiger partial charge in [-0.2, -0.15) is 13.2 Å². The normalized spacial score (nSPS) is 21.2. The Labute approximate surface area is 205 Å². The highest BCUT2D eigenvalue weighted by atomic mass is 32.2. The quantitative estimate of drug-likeness (QED) is 0.334. The summed E-state index contributed by atoms with van der Waals surface area (Å²) >= 11 is 0. The summed E-state index contributed by atoms with van der Waals surface area (Å²) in [7, 11) is -2.52. The Morgan fingerprint density at radius 2 is 1.33 bits per heavy atom. The Morgan fingerprint density at radius 3 is 1.86 bits per heavy atom. The lowest BCUT2D eigenvalue weighted by Crippen LogP contribution is -2.40. The van der Waals surface area contributed by atoms with E-state index in [1.54, 1.807) is 13.8 Å². The molecule has 0 spiro atoms. The zero-order valence-electron chi connectivity index (χ0n) is 19.4. The largest absolute Gasteiger partial charge is 0.472 e. The van der Waals surface area contributed by atoms with Gasteiger partial charge in [0.1, 0.15) is 0 Å². The van der Waals surface area contributed by atoms with E-state index in [4.69, 9.17) is 0 Å². The molecule has 1 fully saturated rings. The van der Waals surface area contributed by atoms with Crippen molar-refractivity contribution < 1.29 is 36.0 Å². The number of nitrogens with one attached hydrogen (secondary N) is 5. The second-order valence-corrected chi connectivity index (χ2v) is 10.3. The van der Waals surface area contributed by atoms with E-state index in [2.05, 4.69) is 20.8 Å². The molecule has 1 saturated carbocycles. The Hall–Kier alpha value is -3.81. The predicted molar refractivity (Wildman–Crippen MR) is 125 cm³/mol. The minimum atomic E-state index is -5.05. The monoisotopic (exact) mass is 527 g/mol. The van der Waals surface area contributed by atoms with E-state index < -0.39 is 32.9 Å². The summed E-state index contributed by atoms with van der Waals surface area (Å²) < 4.78 is 64.3. The molecule has 2 unspecified atom stereocenters. The maximum Gasteiger partial charge on any atom is 0.472 e. The predicted octanol–water partition coefficient (Wildman–Crippen LogP) is 2.59. The van der Waals surface area contributed by atoms with Gasteiger partial charge in [-0.1, -0.05) is 0 Å². The van der Waals surface area contributed by atoms with Crippen molar-refractivity contribution in [2.24, 2.45) is 10.8 Å². The van der Waals surface area contributed by atoms with Crippen LogP contribution in [0.1, 0.15) is 20.3 Å². The first-order valence-electron chi connectivity index (χ1n) is 10.5. The van der Waals surface area contributed by atoms with Crippen molar-refractivity contribution in [1.82, 2.24) is 10.7 Å². The number of carbonyl (C=O) groups excluding carboxylic acids is 3. The first-order chi connectivity index (χ1) is 16.6. The van der Waals surface area contributed by atoms with Gasteiger partial charge in [0.25, 0.3) is 10.0 Å². The van der Waals surface area contributed by atoms with Gasteiger partial charge in [0.05, 0.1) is 21.4 Å². The van der Waals surface area contributed by atoms with Gasteiger partial charge < -0.3 is 10.6 Å². The van der Waals surface area contributed by atoms with E-state index in [-0.39, 0.29) is 28.1 Å². The molecule has 0 aliphatic heterocycles. The number of sulfonamides is 1. The molecule has 1 aliphatic carbocycles. The van der Waals surface area contributed by atoms with E-state index in [1.807, 2.05) is 0 Å². The van der Waals surface area contributed by atoms with Crippen LogP contribution in [0.4, 0.5) is 30.2 Å². The van der Waals surface area contributed by atoms with Gasteiger partial charge in [0.15, 0.2) is 0 Å². The van der Waals surface area contributed by atoms with E-state index in [1.165, 1.54) is 61.0 Å². The summed E-state index contributed by atoms with van der Waals surface area (Å²) in [4.78, 5) is 35.5. The van der Waals surface area contributed by atoms with Crippen molar-refractivity contribution in [2.75, 3.05) is 22.5 Å². The fourth-order valence-corrected chi connectivity index (χ4v) is 4.68. The van der Waals surface area contributed by atoms with Crippen LogP contribution in [0.5, 0.6) is 0 Å². The molecule has 36 heavy (non-hydrogen) atoms. The van der Waals surface area contributed by atoms with Crippen LogP contribution in [0.25, 0.3) is 0 Å². The number of amides is 3. The van der Waals surface area contributed by atoms with Crippen LogP contribution in [0.2, 0.25) is 0 Å². The molecule has 1 aliphatic rings. The van der Waals surface area contributed by atoms with Gasteiger partial charge in [-0.15, -0.1) is 0 Å².